The average Bonchev–Trinajstić information content (AvgIpc) is 3.05. The molecular weight excluding hydrogens is 339 g/mol. The van der Waals surface area contributed by atoms with Crippen molar-refractivity contribution >= 4 is 17.2 Å². The summed E-state index contributed by atoms with van der Waals surface area (Å²) in [5.74, 6) is -0.293. The molecular formula is C16H16F3N3OS. The van der Waals surface area contributed by atoms with Crippen LogP contribution in [0.5, 0.6) is 0 Å². The second-order valence-corrected chi connectivity index (χ2v) is 6.49. The van der Waals surface area contributed by atoms with Crippen LogP contribution in [0.2, 0.25) is 0 Å². The molecule has 8 heteroatoms. The first kappa shape index (κ1) is 16.9. The van der Waals surface area contributed by atoms with E-state index in [-0.39, 0.29) is 17.6 Å². The molecule has 0 spiro atoms. The van der Waals surface area contributed by atoms with Gasteiger partial charge in [-0.15, -0.1) is 11.3 Å². The van der Waals surface area contributed by atoms with Crippen molar-refractivity contribution in [1.82, 2.24) is 15.6 Å². The molecule has 2 aromatic rings. The van der Waals surface area contributed by atoms with E-state index in [4.69, 9.17) is 0 Å². The van der Waals surface area contributed by atoms with Crippen molar-refractivity contribution < 1.29 is 18.0 Å². The zero-order chi connectivity index (χ0) is 17.2. The van der Waals surface area contributed by atoms with Crippen LogP contribution in [0.1, 0.15) is 28.9 Å². The van der Waals surface area contributed by atoms with E-state index in [1.807, 2.05) is 0 Å². The number of thiazole rings is 1. The smallest absolute Gasteiger partial charge is 0.347 e. The second-order valence-electron chi connectivity index (χ2n) is 5.63. The zero-order valence-corrected chi connectivity index (χ0v) is 13.5. The summed E-state index contributed by atoms with van der Waals surface area (Å²) in [7, 11) is 0. The van der Waals surface area contributed by atoms with Gasteiger partial charge >= 0.3 is 6.18 Å². The van der Waals surface area contributed by atoms with Crippen molar-refractivity contribution in [2.45, 2.75) is 25.1 Å². The molecule has 0 radical (unpaired) electrons. The Bertz CT molecular complexity index is 723. The lowest BCUT2D eigenvalue weighted by molar-refractivity contribution is -0.137. The van der Waals surface area contributed by atoms with E-state index in [1.54, 1.807) is 11.4 Å². The first-order chi connectivity index (χ1) is 11.4. The third-order valence-electron chi connectivity index (χ3n) is 3.81. The van der Waals surface area contributed by atoms with E-state index in [0.717, 1.165) is 49.4 Å². The summed E-state index contributed by atoms with van der Waals surface area (Å²) in [6.07, 6.45) is -2.50. The number of nitrogens with zero attached hydrogens (tertiary/aromatic N) is 1. The number of halogens is 3. The number of hydrogen-bond donors (Lipinski definition) is 2. The van der Waals surface area contributed by atoms with Gasteiger partial charge < -0.3 is 10.6 Å². The number of nitrogens with one attached hydrogen (secondary N) is 2. The van der Waals surface area contributed by atoms with Gasteiger partial charge in [-0.05, 0) is 31.5 Å². The minimum Gasteiger partial charge on any atom is -0.347 e. The molecule has 1 aliphatic rings. The molecule has 1 amide bonds. The van der Waals surface area contributed by atoms with E-state index in [1.165, 1.54) is 6.07 Å². The van der Waals surface area contributed by atoms with Crippen LogP contribution >= 0.6 is 11.3 Å². The molecule has 1 aromatic carbocycles. The van der Waals surface area contributed by atoms with Gasteiger partial charge in [0.2, 0.25) is 0 Å². The van der Waals surface area contributed by atoms with Gasteiger partial charge in [0.05, 0.1) is 5.56 Å². The molecule has 1 aromatic heterocycles. The maximum atomic E-state index is 12.8. The number of amides is 1. The van der Waals surface area contributed by atoms with Crippen LogP contribution in [0, 0.1) is 0 Å². The van der Waals surface area contributed by atoms with Crippen molar-refractivity contribution in [3.8, 4) is 10.6 Å². The fraction of sp³-hybridized carbons (Fsp3) is 0.375. The number of hydrogen-bond acceptors (Lipinski definition) is 4. The third kappa shape index (κ3) is 3.93. The lowest BCUT2D eigenvalue weighted by atomic mass is 10.1. The predicted octanol–water partition coefficient (Wildman–Crippen LogP) is 3.31. The number of carbonyl (C=O) groups is 1. The molecule has 24 heavy (non-hydrogen) atoms. The lowest BCUT2D eigenvalue weighted by Gasteiger charge is -2.23. The fourth-order valence-corrected chi connectivity index (χ4v) is 3.37. The van der Waals surface area contributed by atoms with E-state index >= 15 is 0 Å². The number of aromatic nitrogens is 1. The molecule has 0 bridgehead atoms. The largest absolute Gasteiger partial charge is 0.416 e. The molecule has 4 nitrogen and oxygen atoms in total. The minimum atomic E-state index is -4.40. The van der Waals surface area contributed by atoms with Crippen LogP contribution in [-0.4, -0.2) is 30.0 Å². The summed E-state index contributed by atoms with van der Waals surface area (Å²) in [5, 5.41) is 8.07. The van der Waals surface area contributed by atoms with Gasteiger partial charge in [-0.3, -0.25) is 4.79 Å². The van der Waals surface area contributed by atoms with Crippen LogP contribution < -0.4 is 10.6 Å². The van der Waals surface area contributed by atoms with Gasteiger partial charge in [0.1, 0.15) is 10.7 Å². The lowest BCUT2D eigenvalue weighted by Crippen LogP contribution is -2.45. The van der Waals surface area contributed by atoms with Gasteiger partial charge in [-0.2, -0.15) is 13.2 Å². The maximum absolute atomic E-state index is 12.8. The van der Waals surface area contributed by atoms with Crippen molar-refractivity contribution in [2.24, 2.45) is 0 Å². The normalized spacial score (nSPS) is 18.4. The summed E-state index contributed by atoms with van der Waals surface area (Å²) in [5.41, 5.74) is -0.138. The van der Waals surface area contributed by atoms with Crippen molar-refractivity contribution in [1.29, 1.82) is 0 Å². The highest BCUT2D eigenvalue weighted by Crippen LogP contribution is 2.33. The number of carbonyl (C=O) groups excluding carboxylic acids is 1. The SMILES string of the molecule is O=C(NC1CCCNC1)c1csc(-c2cccc(C(F)(F)F)c2)n1. The first-order valence-electron chi connectivity index (χ1n) is 7.58. The minimum absolute atomic E-state index is 0.0601. The summed E-state index contributed by atoms with van der Waals surface area (Å²) >= 11 is 1.16. The number of piperidine rings is 1. The Hall–Kier alpha value is -1.93. The third-order valence-corrected chi connectivity index (χ3v) is 4.70. The van der Waals surface area contributed by atoms with E-state index < -0.39 is 11.7 Å². The highest BCUT2D eigenvalue weighted by molar-refractivity contribution is 7.13. The van der Waals surface area contributed by atoms with Gasteiger partial charge in [0.25, 0.3) is 5.91 Å². The van der Waals surface area contributed by atoms with Gasteiger partial charge in [-0.25, -0.2) is 4.98 Å². The molecule has 2 N–H and O–H groups in total. The van der Waals surface area contributed by atoms with Gasteiger partial charge in [0.15, 0.2) is 0 Å². The zero-order valence-electron chi connectivity index (χ0n) is 12.7. The molecule has 0 aliphatic carbocycles. The first-order valence-corrected chi connectivity index (χ1v) is 8.46. The van der Waals surface area contributed by atoms with E-state index in [2.05, 4.69) is 15.6 Å². The fourth-order valence-electron chi connectivity index (χ4n) is 2.57. The number of alkyl halides is 3. The Morgan fingerprint density at radius 3 is 2.92 bits per heavy atom. The Labute approximate surface area is 141 Å². The van der Waals surface area contributed by atoms with Crippen LogP contribution in [0.4, 0.5) is 13.2 Å². The highest BCUT2D eigenvalue weighted by Gasteiger charge is 2.30. The van der Waals surface area contributed by atoms with Crippen LogP contribution in [0.3, 0.4) is 0 Å². The average molecular weight is 355 g/mol. The predicted molar refractivity (Wildman–Crippen MR) is 85.9 cm³/mol. The summed E-state index contributed by atoms with van der Waals surface area (Å²) < 4.78 is 38.4. The standard InChI is InChI=1S/C16H16F3N3OS/c17-16(18,19)11-4-1-3-10(7-11)15-22-13(9-24-15)14(23)21-12-5-2-6-20-8-12/h1,3-4,7,9,12,20H,2,5-6,8H2,(H,21,23). The van der Waals surface area contributed by atoms with Gasteiger partial charge in [0, 0.05) is 23.5 Å². The molecule has 128 valence electrons. The summed E-state index contributed by atoms with van der Waals surface area (Å²) in [6, 6.07) is 5.02. The van der Waals surface area contributed by atoms with Crippen LogP contribution in [-0.2, 0) is 6.18 Å². The molecule has 1 unspecified atom stereocenters. The Morgan fingerprint density at radius 1 is 1.38 bits per heavy atom. The van der Waals surface area contributed by atoms with Crippen LogP contribution in [0.25, 0.3) is 10.6 Å². The second kappa shape index (κ2) is 6.90. The molecule has 2 heterocycles. The quantitative estimate of drug-likeness (QED) is 0.888. The monoisotopic (exact) mass is 355 g/mol. The van der Waals surface area contributed by atoms with E-state index in [0.29, 0.717) is 10.6 Å². The molecule has 1 atom stereocenters. The summed E-state index contributed by atoms with van der Waals surface area (Å²) in [6.45, 7) is 1.67. The van der Waals surface area contributed by atoms with Crippen molar-refractivity contribution in [3.05, 3.63) is 40.9 Å². The van der Waals surface area contributed by atoms with Gasteiger partial charge in [-0.1, -0.05) is 12.1 Å². The molecule has 3 rings (SSSR count). The topological polar surface area (TPSA) is 54.0 Å². The molecule has 1 fully saturated rings. The Balaban J connectivity index is 1.74. The Morgan fingerprint density at radius 2 is 2.21 bits per heavy atom. The van der Waals surface area contributed by atoms with Crippen LogP contribution in [0.15, 0.2) is 29.6 Å². The highest BCUT2D eigenvalue weighted by atomic mass is 32.1. The molecule has 1 saturated heterocycles. The molecule has 0 saturated carbocycles. The summed E-state index contributed by atoms with van der Waals surface area (Å²) in [4.78, 5) is 16.4. The maximum Gasteiger partial charge on any atom is 0.416 e. The van der Waals surface area contributed by atoms with E-state index in [9.17, 15) is 18.0 Å². The molecule has 1 aliphatic heterocycles. The van der Waals surface area contributed by atoms with Crippen molar-refractivity contribution in [3.63, 3.8) is 0 Å². The van der Waals surface area contributed by atoms with Crippen molar-refractivity contribution in [2.75, 3.05) is 13.1 Å². The number of benzene rings is 1. The number of rotatable bonds is 3. The Kier molecular flexibility index (Phi) is 4.86.